The predicted octanol–water partition coefficient (Wildman–Crippen LogP) is 0.842. The Labute approximate surface area is 86.6 Å². The smallest absolute Gasteiger partial charge is 0.251 e. The van der Waals surface area contributed by atoms with Gasteiger partial charge in [0.25, 0.3) is 5.91 Å². The van der Waals surface area contributed by atoms with Gasteiger partial charge in [0.05, 0.1) is 15.5 Å². The van der Waals surface area contributed by atoms with E-state index in [0.29, 0.717) is 0 Å². The summed E-state index contributed by atoms with van der Waals surface area (Å²) in [6.45, 7) is 0. The maximum Gasteiger partial charge on any atom is 0.251 e. The van der Waals surface area contributed by atoms with Crippen molar-refractivity contribution in [3.05, 3.63) is 28.8 Å². The van der Waals surface area contributed by atoms with Crippen LogP contribution in [0.3, 0.4) is 0 Å². The van der Waals surface area contributed by atoms with Crippen molar-refractivity contribution < 1.29 is 13.2 Å². The first-order valence-electron chi connectivity index (χ1n) is 3.62. The number of halogens is 1. The van der Waals surface area contributed by atoms with Crippen LogP contribution in [0.4, 0.5) is 0 Å². The number of sulfone groups is 1. The molecule has 4 nitrogen and oxygen atoms in total. The molecule has 0 fully saturated rings. The lowest BCUT2D eigenvalue weighted by Gasteiger charge is -2.05. The number of carbonyl (C=O) groups is 1. The summed E-state index contributed by atoms with van der Waals surface area (Å²) in [6.07, 6.45) is 0.991. The van der Waals surface area contributed by atoms with Gasteiger partial charge in [-0.1, -0.05) is 17.7 Å². The quantitative estimate of drug-likeness (QED) is 0.822. The highest BCUT2D eigenvalue weighted by Crippen LogP contribution is 2.23. The summed E-state index contributed by atoms with van der Waals surface area (Å²) < 4.78 is 22.5. The van der Waals surface area contributed by atoms with Crippen LogP contribution in [0.15, 0.2) is 23.1 Å². The Balaban J connectivity index is 3.61. The Bertz CT molecular complexity index is 481. The SMILES string of the molecule is CS(=O)(=O)c1cccc(Cl)c1C(N)=O. The largest absolute Gasteiger partial charge is 0.366 e. The molecule has 1 aromatic rings. The number of rotatable bonds is 2. The third-order valence-corrected chi connectivity index (χ3v) is 3.08. The first-order valence-corrected chi connectivity index (χ1v) is 5.89. The summed E-state index contributed by atoms with van der Waals surface area (Å²) in [5.41, 5.74) is 4.87. The lowest BCUT2D eigenvalue weighted by atomic mass is 10.2. The highest BCUT2D eigenvalue weighted by Gasteiger charge is 2.19. The van der Waals surface area contributed by atoms with Gasteiger partial charge in [0.1, 0.15) is 0 Å². The van der Waals surface area contributed by atoms with E-state index >= 15 is 0 Å². The Morgan fingerprint density at radius 1 is 1.43 bits per heavy atom. The van der Waals surface area contributed by atoms with Gasteiger partial charge in [0.15, 0.2) is 9.84 Å². The van der Waals surface area contributed by atoms with Crippen molar-refractivity contribution in [1.82, 2.24) is 0 Å². The molecule has 0 aromatic heterocycles. The molecule has 0 heterocycles. The minimum Gasteiger partial charge on any atom is -0.366 e. The van der Waals surface area contributed by atoms with Crippen molar-refractivity contribution in [3.8, 4) is 0 Å². The molecule has 1 aromatic carbocycles. The van der Waals surface area contributed by atoms with E-state index in [1.54, 1.807) is 0 Å². The molecule has 14 heavy (non-hydrogen) atoms. The van der Waals surface area contributed by atoms with E-state index in [0.717, 1.165) is 6.26 Å². The molecule has 0 unspecified atom stereocenters. The van der Waals surface area contributed by atoms with Crippen molar-refractivity contribution in [2.45, 2.75) is 4.90 Å². The second-order valence-electron chi connectivity index (χ2n) is 2.75. The van der Waals surface area contributed by atoms with Gasteiger partial charge in [0.2, 0.25) is 0 Å². The van der Waals surface area contributed by atoms with Crippen LogP contribution in [-0.4, -0.2) is 20.6 Å². The van der Waals surface area contributed by atoms with Crippen LogP contribution in [0.5, 0.6) is 0 Å². The lowest BCUT2D eigenvalue weighted by Crippen LogP contribution is -2.16. The zero-order valence-corrected chi connectivity index (χ0v) is 8.89. The monoisotopic (exact) mass is 233 g/mol. The normalized spacial score (nSPS) is 11.3. The number of primary amides is 1. The van der Waals surface area contributed by atoms with Crippen molar-refractivity contribution in [2.75, 3.05) is 6.26 Å². The highest BCUT2D eigenvalue weighted by molar-refractivity contribution is 7.90. The highest BCUT2D eigenvalue weighted by atomic mass is 35.5. The molecule has 0 bridgehead atoms. The molecule has 2 N–H and O–H groups in total. The number of carbonyl (C=O) groups excluding carboxylic acids is 1. The van der Waals surface area contributed by atoms with E-state index in [9.17, 15) is 13.2 Å². The second kappa shape index (κ2) is 3.59. The fourth-order valence-corrected chi connectivity index (χ4v) is 2.28. The van der Waals surface area contributed by atoms with Gasteiger partial charge in [-0.25, -0.2) is 8.42 Å². The topological polar surface area (TPSA) is 77.2 Å². The molecule has 6 heteroatoms. The molecular weight excluding hydrogens is 226 g/mol. The van der Waals surface area contributed by atoms with Crippen molar-refractivity contribution >= 4 is 27.3 Å². The van der Waals surface area contributed by atoms with E-state index < -0.39 is 15.7 Å². The molecule has 0 aliphatic rings. The van der Waals surface area contributed by atoms with Gasteiger partial charge in [-0.15, -0.1) is 0 Å². The van der Waals surface area contributed by atoms with Crippen LogP contribution >= 0.6 is 11.6 Å². The zero-order valence-electron chi connectivity index (χ0n) is 7.32. The van der Waals surface area contributed by atoms with Crippen molar-refractivity contribution in [3.63, 3.8) is 0 Å². The van der Waals surface area contributed by atoms with E-state index in [1.165, 1.54) is 18.2 Å². The summed E-state index contributed by atoms with van der Waals surface area (Å²) >= 11 is 5.67. The molecular formula is C8H8ClNO3S. The summed E-state index contributed by atoms with van der Waals surface area (Å²) in [4.78, 5) is 10.8. The van der Waals surface area contributed by atoms with E-state index in [4.69, 9.17) is 17.3 Å². The summed E-state index contributed by atoms with van der Waals surface area (Å²) in [5.74, 6) is -0.851. The van der Waals surface area contributed by atoms with Crippen LogP contribution in [-0.2, 0) is 9.84 Å². The molecule has 76 valence electrons. The van der Waals surface area contributed by atoms with Crippen LogP contribution in [0, 0.1) is 0 Å². The van der Waals surface area contributed by atoms with Gasteiger partial charge >= 0.3 is 0 Å². The fraction of sp³-hybridized carbons (Fsp3) is 0.125. The van der Waals surface area contributed by atoms with E-state index in [1.807, 2.05) is 0 Å². The van der Waals surface area contributed by atoms with Crippen LogP contribution in [0.1, 0.15) is 10.4 Å². The average molecular weight is 234 g/mol. The molecule has 1 amide bonds. The van der Waals surface area contributed by atoms with Crippen LogP contribution in [0.25, 0.3) is 0 Å². The van der Waals surface area contributed by atoms with Crippen molar-refractivity contribution in [2.24, 2.45) is 5.73 Å². The molecule has 0 spiro atoms. The van der Waals surface area contributed by atoms with E-state index in [2.05, 4.69) is 0 Å². The molecule has 1 rings (SSSR count). The molecule has 0 saturated heterocycles. The lowest BCUT2D eigenvalue weighted by molar-refractivity contribution is 0.0997. The Hall–Kier alpha value is -1.07. The average Bonchev–Trinajstić information content (AvgIpc) is 2.01. The van der Waals surface area contributed by atoms with Crippen molar-refractivity contribution in [1.29, 1.82) is 0 Å². The number of benzene rings is 1. The van der Waals surface area contributed by atoms with E-state index in [-0.39, 0.29) is 15.5 Å². The summed E-state index contributed by atoms with van der Waals surface area (Å²) in [7, 11) is -3.49. The summed E-state index contributed by atoms with van der Waals surface area (Å²) in [6, 6.07) is 4.16. The van der Waals surface area contributed by atoms with Crippen LogP contribution in [0.2, 0.25) is 5.02 Å². The summed E-state index contributed by atoms with van der Waals surface area (Å²) in [5, 5.41) is 0.0421. The second-order valence-corrected chi connectivity index (χ2v) is 5.14. The Kier molecular flexibility index (Phi) is 2.82. The molecule has 0 atom stereocenters. The molecule has 0 aliphatic carbocycles. The number of hydrogen-bond donors (Lipinski definition) is 1. The zero-order chi connectivity index (χ0) is 10.9. The Morgan fingerprint density at radius 2 is 2.00 bits per heavy atom. The number of nitrogens with two attached hydrogens (primary N) is 1. The molecule has 0 aliphatic heterocycles. The maximum atomic E-state index is 11.2. The van der Waals surface area contributed by atoms with Gasteiger partial charge < -0.3 is 5.73 Å². The van der Waals surface area contributed by atoms with Gasteiger partial charge in [-0.3, -0.25) is 4.79 Å². The van der Waals surface area contributed by atoms with Gasteiger partial charge in [0, 0.05) is 6.26 Å². The van der Waals surface area contributed by atoms with Gasteiger partial charge in [-0.05, 0) is 12.1 Å². The molecule has 0 saturated carbocycles. The number of amides is 1. The van der Waals surface area contributed by atoms with Crippen LogP contribution < -0.4 is 5.73 Å². The molecule has 0 radical (unpaired) electrons. The third-order valence-electron chi connectivity index (χ3n) is 1.62. The standard InChI is InChI=1S/C8H8ClNO3S/c1-14(12,13)6-4-2-3-5(9)7(6)8(10)11/h2-4H,1H3,(H2,10,11). The minimum atomic E-state index is -3.49. The van der Waals surface area contributed by atoms with Gasteiger partial charge in [-0.2, -0.15) is 0 Å². The maximum absolute atomic E-state index is 11.2. The first-order chi connectivity index (χ1) is 6.34. The fourth-order valence-electron chi connectivity index (χ4n) is 1.05. The predicted molar refractivity (Wildman–Crippen MR) is 53.1 cm³/mol. The Morgan fingerprint density at radius 3 is 2.36 bits per heavy atom. The first kappa shape index (κ1) is 11.0. The third kappa shape index (κ3) is 2.05. The minimum absolute atomic E-state index is 0.0421. The number of hydrogen-bond acceptors (Lipinski definition) is 3.